The Balaban J connectivity index is 1.69. The number of hydrogen-bond donors (Lipinski definition) is 3. The number of aromatic nitrogens is 1. The molecule has 1 aromatic heterocycles. The lowest BCUT2D eigenvalue weighted by Crippen LogP contribution is -2.47. The van der Waals surface area contributed by atoms with Gasteiger partial charge < -0.3 is 20.1 Å². The predicted octanol–water partition coefficient (Wildman–Crippen LogP) is 3.88. The summed E-state index contributed by atoms with van der Waals surface area (Å²) in [5.74, 6) is -0.400. The fraction of sp³-hybridized carbons (Fsp3) is 0.0714. The number of benzene rings is 3. The van der Waals surface area contributed by atoms with Gasteiger partial charge in [-0.3, -0.25) is 14.4 Å². The van der Waals surface area contributed by atoms with Crippen LogP contribution in [-0.4, -0.2) is 31.9 Å². The van der Waals surface area contributed by atoms with E-state index in [1.165, 1.54) is 18.9 Å². The molecule has 3 N–H and O–H groups in total. The second-order valence-corrected chi connectivity index (χ2v) is 7.82. The van der Waals surface area contributed by atoms with Gasteiger partial charge >= 0.3 is 5.91 Å². The first-order valence-electron chi connectivity index (χ1n) is 11.3. The van der Waals surface area contributed by atoms with E-state index in [9.17, 15) is 14.4 Å². The summed E-state index contributed by atoms with van der Waals surface area (Å²) in [6.07, 6.45) is 3.31. The third-order valence-corrected chi connectivity index (χ3v) is 5.40. The number of nitrogens with zero attached hydrogens (tertiary/aromatic N) is 1. The molecule has 0 unspecified atom stereocenters. The molecular formula is C28H25N4O5+. The van der Waals surface area contributed by atoms with E-state index in [2.05, 4.69) is 16.1 Å². The van der Waals surface area contributed by atoms with E-state index in [0.717, 1.165) is 0 Å². The Morgan fingerprint density at radius 1 is 0.622 bits per heavy atom. The Labute approximate surface area is 213 Å². The van der Waals surface area contributed by atoms with Crippen molar-refractivity contribution in [1.82, 2.24) is 0 Å². The molecule has 0 saturated heterocycles. The molecule has 0 fully saturated rings. The standard InChI is InChI=1S/C28H24N4O5/c1-36-21-11-6-9-19(17-21)26(33)29-23-13-8-14-24(25(23)28(35)31-32-15-4-3-5-16-32)30-27(34)20-10-7-12-22(18-20)37-2/h3-18H,1-2H3,(H2-,29,30,31,33,34,35)/p+1. The van der Waals surface area contributed by atoms with E-state index in [1.807, 2.05) is 6.07 Å². The molecule has 0 atom stereocenters. The van der Waals surface area contributed by atoms with Gasteiger partial charge in [0.05, 0.1) is 31.2 Å². The average Bonchev–Trinajstić information content (AvgIpc) is 2.93. The van der Waals surface area contributed by atoms with E-state index in [-0.39, 0.29) is 16.9 Å². The summed E-state index contributed by atoms with van der Waals surface area (Å²) in [6, 6.07) is 23.4. The van der Waals surface area contributed by atoms with Crippen molar-refractivity contribution in [2.45, 2.75) is 0 Å². The molecule has 4 rings (SSSR count). The highest BCUT2D eigenvalue weighted by Gasteiger charge is 2.23. The van der Waals surface area contributed by atoms with Gasteiger partial charge in [0.2, 0.25) is 0 Å². The Hall–Kier alpha value is -5.18. The third-order valence-electron chi connectivity index (χ3n) is 5.40. The van der Waals surface area contributed by atoms with Crippen LogP contribution in [0.2, 0.25) is 0 Å². The summed E-state index contributed by atoms with van der Waals surface area (Å²) in [5, 5.41) is 5.56. The summed E-state index contributed by atoms with van der Waals surface area (Å²) in [6.45, 7) is 0. The number of methoxy groups -OCH3 is 2. The second-order valence-electron chi connectivity index (χ2n) is 7.82. The summed E-state index contributed by atoms with van der Waals surface area (Å²) >= 11 is 0. The molecule has 186 valence electrons. The molecule has 3 amide bonds. The zero-order chi connectivity index (χ0) is 26.2. The van der Waals surface area contributed by atoms with Gasteiger partial charge in [0.1, 0.15) is 11.5 Å². The fourth-order valence-electron chi connectivity index (χ4n) is 3.57. The van der Waals surface area contributed by atoms with E-state index >= 15 is 0 Å². The van der Waals surface area contributed by atoms with Crippen molar-refractivity contribution in [2.24, 2.45) is 0 Å². The highest BCUT2D eigenvalue weighted by Crippen LogP contribution is 2.27. The Morgan fingerprint density at radius 3 is 1.59 bits per heavy atom. The number of hydrogen-bond acceptors (Lipinski definition) is 5. The maximum Gasteiger partial charge on any atom is 0.309 e. The van der Waals surface area contributed by atoms with Gasteiger partial charge in [-0.05, 0) is 48.5 Å². The van der Waals surface area contributed by atoms with Crippen LogP contribution in [0, 0.1) is 0 Å². The van der Waals surface area contributed by atoms with Crippen molar-refractivity contribution in [3.05, 3.63) is 114 Å². The quantitative estimate of drug-likeness (QED) is 0.320. The first-order valence-corrected chi connectivity index (χ1v) is 11.3. The van der Waals surface area contributed by atoms with Crippen LogP contribution in [0.4, 0.5) is 11.4 Å². The maximum absolute atomic E-state index is 13.4. The monoisotopic (exact) mass is 497 g/mol. The zero-order valence-electron chi connectivity index (χ0n) is 20.2. The van der Waals surface area contributed by atoms with Crippen LogP contribution >= 0.6 is 0 Å². The van der Waals surface area contributed by atoms with Gasteiger partial charge in [-0.15, -0.1) is 5.43 Å². The Kier molecular flexibility index (Phi) is 7.75. The summed E-state index contributed by atoms with van der Waals surface area (Å²) in [5.41, 5.74) is 3.92. The SMILES string of the molecule is COc1cccc(C(=O)Nc2cccc(NC(=O)c3cccc(OC)c3)c2C(=O)N[n+]2ccccc2)c1. The molecule has 9 nitrogen and oxygen atoms in total. The van der Waals surface area contributed by atoms with Crippen LogP contribution in [0.3, 0.4) is 0 Å². The van der Waals surface area contributed by atoms with Crippen LogP contribution in [0.25, 0.3) is 0 Å². The minimum absolute atomic E-state index is 0.0753. The van der Waals surface area contributed by atoms with Crippen LogP contribution in [0.5, 0.6) is 11.5 Å². The van der Waals surface area contributed by atoms with Gasteiger partial charge in [-0.1, -0.05) is 28.9 Å². The highest BCUT2D eigenvalue weighted by molar-refractivity contribution is 6.16. The van der Waals surface area contributed by atoms with Crippen molar-refractivity contribution in [2.75, 3.05) is 30.3 Å². The number of anilines is 2. The third kappa shape index (κ3) is 6.09. The topological polar surface area (TPSA) is 110 Å². The van der Waals surface area contributed by atoms with Crippen molar-refractivity contribution in [1.29, 1.82) is 0 Å². The average molecular weight is 498 g/mol. The molecule has 37 heavy (non-hydrogen) atoms. The molecule has 1 heterocycles. The number of rotatable bonds is 8. The minimum atomic E-state index is -0.543. The lowest BCUT2D eigenvalue weighted by molar-refractivity contribution is -0.641. The number of nitrogens with one attached hydrogen (secondary N) is 3. The second kappa shape index (κ2) is 11.5. The van der Waals surface area contributed by atoms with Crippen molar-refractivity contribution in [3.8, 4) is 11.5 Å². The Bertz CT molecular complexity index is 1360. The molecule has 0 bridgehead atoms. The van der Waals surface area contributed by atoms with Gasteiger partial charge in [0.25, 0.3) is 11.8 Å². The normalized spacial score (nSPS) is 10.2. The maximum atomic E-state index is 13.4. The molecule has 0 aliphatic rings. The van der Waals surface area contributed by atoms with Crippen LogP contribution in [0.1, 0.15) is 31.1 Å². The molecular weight excluding hydrogens is 472 g/mol. The lowest BCUT2D eigenvalue weighted by Gasteiger charge is -2.15. The molecule has 0 aliphatic heterocycles. The predicted molar refractivity (Wildman–Crippen MR) is 139 cm³/mol. The number of pyridine rings is 1. The van der Waals surface area contributed by atoms with Crippen molar-refractivity contribution >= 4 is 29.1 Å². The van der Waals surface area contributed by atoms with Crippen LogP contribution in [0.15, 0.2) is 97.3 Å². The summed E-state index contributed by atoms with van der Waals surface area (Å²) in [4.78, 5) is 39.5. The van der Waals surface area contributed by atoms with Crippen molar-refractivity contribution < 1.29 is 28.5 Å². The van der Waals surface area contributed by atoms with Crippen LogP contribution < -0.4 is 30.2 Å². The Morgan fingerprint density at radius 2 is 1.11 bits per heavy atom. The fourth-order valence-corrected chi connectivity index (χ4v) is 3.57. The molecule has 0 spiro atoms. The molecule has 0 saturated carbocycles. The first-order chi connectivity index (χ1) is 18.0. The molecule has 4 aromatic rings. The first kappa shape index (κ1) is 24.9. The van der Waals surface area contributed by atoms with Gasteiger partial charge in [-0.2, -0.15) is 0 Å². The van der Waals surface area contributed by atoms with Crippen LogP contribution in [-0.2, 0) is 0 Å². The number of carbonyl (C=O) groups excluding carboxylic acids is 3. The molecule has 3 aromatic carbocycles. The van der Waals surface area contributed by atoms with Gasteiger partial charge in [0.15, 0.2) is 12.4 Å². The number of ether oxygens (including phenoxy) is 2. The lowest BCUT2D eigenvalue weighted by atomic mass is 10.1. The van der Waals surface area contributed by atoms with E-state index in [1.54, 1.807) is 91.3 Å². The summed E-state index contributed by atoms with van der Waals surface area (Å²) in [7, 11) is 3.02. The zero-order valence-corrected chi connectivity index (χ0v) is 20.2. The van der Waals surface area contributed by atoms with Gasteiger partial charge in [-0.25, -0.2) is 0 Å². The van der Waals surface area contributed by atoms with Crippen molar-refractivity contribution in [3.63, 3.8) is 0 Å². The summed E-state index contributed by atoms with van der Waals surface area (Å²) < 4.78 is 11.9. The molecule has 0 aliphatic carbocycles. The number of carbonyl (C=O) groups is 3. The highest BCUT2D eigenvalue weighted by atomic mass is 16.5. The molecule has 9 heteroatoms. The minimum Gasteiger partial charge on any atom is -0.497 e. The largest absolute Gasteiger partial charge is 0.497 e. The van der Waals surface area contributed by atoms with E-state index in [0.29, 0.717) is 22.6 Å². The smallest absolute Gasteiger partial charge is 0.309 e. The van der Waals surface area contributed by atoms with E-state index in [4.69, 9.17) is 9.47 Å². The number of amides is 3. The van der Waals surface area contributed by atoms with Gasteiger partial charge in [0, 0.05) is 23.3 Å². The molecule has 0 radical (unpaired) electrons. The van der Waals surface area contributed by atoms with E-state index < -0.39 is 17.7 Å².